The molecule has 2 aliphatic rings. The van der Waals surface area contributed by atoms with Crippen molar-refractivity contribution in [2.24, 2.45) is 11.3 Å². The number of aromatic amines is 1. The maximum atomic E-state index is 13.6. The van der Waals surface area contributed by atoms with Gasteiger partial charge < -0.3 is 15.3 Å². The molecule has 1 amide bonds. The van der Waals surface area contributed by atoms with Crippen molar-refractivity contribution >= 4 is 27.6 Å². The van der Waals surface area contributed by atoms with Crippen molar-refractivity contribution in [3.05, 3.63) is 58.6 Å². The number of nitrogens with zero attached hydrogens (tertiary/aromatic N) is 5. The van der Waals surface area contributed by atoms with E-state index in [2.05, 4.69) is 52.2 Å². The summed E-state index contributed by atoms with van der Waals surface area (Å²) < 4.78 is 0. The van der Waals surface area contributed by atoms with E-state index in [9.17, 15) is 9.90 Å². The molecule has 0 bridgehead atoms. The molecule has 1 fully saturated rings. The Morgan fingerprint density at radius 2 is 2.02 bits per heavy atom. The Bertz CT molecular complexity index is 1490. The van der Waals surface area contributed by atoms with E-state index >= 15 is 0 Å². The van der Waals surface area contributed by atoms with Crippen LogP contribution in [0.15, 0.2) is 36.8 Å². The largest absolute Gasteiger partial charge is 0.393 e. The quantitative estimate of drug-likeness (QED) is 0.286. The minimum atomic E-state index is -0.221. The number of aryl methyl sites for hydroxylation is 1. The highest BCUT2D eigenvalue weighted by atomic mass is 32.1. The molecule has 41 heavy (non-hydrogen) atoms. The van der Waals surface area contributed by atoms with Crippen molar-refractivity contribution in [2.75, 3.05) is 19.6 Å². The number of thiazole rings is 1. The zero-order chi connectivity index (χ0) is 28.6. The molecule has 1 aliphatic heterocycles. The Morgan fingerprint density at radius 3 is 2.73 bits per heavy atom. The number of hydrogen-bond donors (Lipinski definition) is 3. The van der Waals surface area contributed by atoms with E-state index in [1.165, 1.54) is 16.9 Å². The van der Waals surface area contributed by atoms with Crippen LogP contribution in [-0.4, -0.2) is 66.8 Å². The van der Waals surface area contributed by atoms with Crippen LogP contribution >= 0.6 is 11.3 Å². The third-order valence-corrected chi connectivity index (χ3v) is 9.71. The SMILES string of the molecule is CC(C)(C)[C@H]1CCc2nc3sc(C(=O)NC(CCN4CCC(O)CC4)c4ccc(-c5cn[nH]c5)nc4)nc3cc2C1. The number of nitrogens with one attached hydrogen (secondary N) is 2. The number of aliphatic hydroxyl groups excluding tert-OH is 1. The Hall–Kier alpha value is -3.21. The fraction of sp³-hybridized carbons (Fsp3) is 0.516. The summed E-state index contributed by atoms with van der Waals surface area (Å²) in [5.74, 6) is 0.435. The van der Waals surface area contributed by atoms with Crippen LogP contribution < -0.4 is 5.32 Å². The van der Waals surface area contributed by atoms with Crippen molar-refractivity contribution < 1.29 is 9.90 Å². The topological polar surface area (TPSA) is 120 Å². The van der Waals surface area contributed by atoms with Crippen LogP contribution in [0.25, 0.3) is 21.6 Å². The standard InChI is InChI=1S/C31H39N7O2S/c1-31(2,3)22-5-7-25-20(14-22)15-27-29(36-25)41-30(37-27)28(40)35-26(10-13-38-11-8-23(39)9-12-38)19-4-6-24(32-16-19)21-17-33-34-18-21/h4,6,15-18,22-23,26,39H,5,7-14H2,1-3H3,(H,33,34)(H,35,40)/t22-,26?/m0/s1. The number of carbonyl (C=O) groups is 1. The van der Waals surface area contributed by atoms with Gasteiger partial charge in [0.2, 0.25) is 0 Å². The highest BCUT2D eigenvalue weighted by Crippen LogP contribution is 2.38. The van der Waals surface area contributed by atoms with Crippen LogP contribution in [0.3, 0.4) is 0 Å². The predicted molar refractivity (Wildman–Crippen MR) is 161 cm³/mol. The molecule has 2 atom stereocenters. The molecule has 3 N–H and O–H groups in total. The van der Waals surface area contributed by atoms with E-state index in [4.69, 9.17) is 9.97 Å². The van der Waals surface area contributed by atoms with Gasteiger partial charge in [-0.1, -0.05) is 38.2 Å². The number of fused-ring (bicyclic) bond motifs is 2. The second kappa shape index (κ2) is 11.6. The number of aromatic nitrogens is 5. The van der Waals surface area contributed by atoms with Gasteiger partial charge in [-0.25, -0.2) is 9.97 Å². The lowest BCUT2D eigenvalue weighted by atomic mass is 9.71. The third kappa shape index (κ3) is 6.34. The zero-order valence-electron chi connectivity index (χ0n) is 24.1. The average molecular weight is 574 g/mol. The monoisotopic (exact) mass is 573 g/mol. The number of likely N-dealkylation sites (tertiary alicyclic amines) is 1. The second-order valence-corrected chi connectivity index (χ2v) is 13.6. The molecular weight excluding hydrogens is 534 g/mol. The smallest absolute Gasteiger partial charge is 0.280 e. The Balaban J connectivity index is 1.21. The molecule has 4 aromatic heterocycles. The van der Waals surface area contributed by atoms with Crippen molar-refractivity contribution in [1.82, 2.24) is 35.4 Å². The summed E-state index contributed by atoms with van der Waals surface area (Å²) >= 11 is 1.37. The summed E-state index contributed by atoms with van der Waals surface area (Å²) in [5, 5.41) is 20.4. The fourth-order valence-electron chi connectivity index (χ4n) is 6.02. The molecule has 5 heterocycles. The number of aliphatic hydroxyl groups is 1. The average Bonchev–Trinajstić information content (AvgIpc) is 3.64. The van der Waals surface area contributed by atoms with Crippen LogP contribution in [0, 0.1) is 11.3 Å². The van der Waals surface area contributed by atoms with Crippen LogP contribution in [0.4, 0.5) is 0 Å². The van der Waals surface area contributed by atoms with Crippen LogP contribution in [0.2, 0.25) is 0 Å². The van der Waals surface area contributed by atoms with Gasteiger partial charge in [-0.15, -0.1) is 0 Å². The maximum Gasteiger partial charge on any atom is 0.280 e. The van der Waals surface area contributed by atoms with Crippen LogP contribution in [0.1, 0.15) is 79.1 Å². The summed E-state index contributed by atoms with van der Waals surface area (Å²) in [7, 11) is 0. The van der Waals surface area contributed by atoms with E-state index in [1.54, 1.807) is 6.20 Å². The van der Waals surface area contributed by atoms with E-state index in [-0.39, 0.29) is 23.5 Å². The minimum Gasteiger partial charge on any atom is -0.393 e. The van der Waals surface area contributed by atoms with Gasteiger partial charge in [0.25, 0.3) is 5.91 Å². The van der Waals surface area contributed by atoms with E-state index < -0.39 is 0 Å². The first-order valence-electron chi connectivity index (χ1n) is 14.7. The lowest BCUT2D eigenvalue weighted by molar-refractivity contribution is 0.0795. The number of hydrogen-bond acceptors (Lipinski definition) is 8. The van der Waals surface area contributed by atoms with E-state index in [1.807, 2.05) is 24.5 Å². The first kappa shape index (κ1) is 27.9. The number of carbonyl (C=O) groups excluding carboxylic acids is 1. The molecule has 1 aliphatic carbocycles. The first-order valence-corrected chi connectivity index (χ1v) is 15.5. The van der Waals surface area contributed by atoms with E-state index in [0.717, 1.165) is 91.0 Å². The summed E-state index contributed by atoms with van der Waals surface area (Å²) in [6, 6.07) is 5.93. The molecule has 0 spiro atoms. The summed E-state index contributed by atoms with van der Waals surface area (Å²) in [5.41, 5.74) is 6.19. The van der Waals surface area contributed by atoms with Gasteiger partial charge in [-0.2, -0.15) is 5.10 Å². The number of pyridine rings is 2. The number of piperidine rings is 1. The first-order chi connectivity index (χ1) is 19.7. The summed E-state index contributed by atoms with van der Waals surface area (Å²) in [6.45, 7) is 9.49. The molecule has 0 aromatic carbocycles. The van der Waals surface area contributed by atoms with Crippen molar-refractivity contribution in [3.8, 4) is 11.3 Å². The molecule has 216 valence electrons. The molecule has 10 heteroatoms. The van der Waals surface area contributed by atoms with Gasteiger partial charge in [0, 0.05) is 43.3 Å². The number of rotatable bonds is 7. The predicted octanol–water partition coefficient (Wildman–Crippen LogP) is 4.95. The second-order valence-electron chi connectivity index (χ2n) is 12.6. The molecule has 0 saturated carbocycles. The molecule has 1 saturated heterocycles. The molecule has 0 radical (unpaired) electrons. The maximum absolute atomic E-state index is 13.6. The van der Waals surface area contributed by atoms with Crippen molar-refractivity contribution in [2.45, 2.75) is 71.4 Å². The Morgan fingerprint density at radius 1 is 1.20 bits per heavy atom. The minimum absolute atomic E-state index is 0.184. The normalized spacial score (nSPS) is 19.3. The summed E-state index contributed by atoms with van der Waals surface area (Å²) in [4.78, 5) is 31.1. The Labute approximate surface area is 244 Å². The highest BCUT2D eigenvalue weighted by molar-refractivity contribution is 7.19. The third-order valence-electron chi connectivity index (χ3n) is 8.75. The fourth-order valence-corrected chi connectivity index (χ4v) is 6.86. The number of amides is 1. The van der Waals surface area contributed by atoms with Crippen LogP contribution in [-0.2, 0) is 12.8 Å². The molecular formula is C31H39N7O2S. The zero-order valence-corrected chi connectivity index (χ0v) is 24.9. The lowest BCUT2D eigenvalue weighted by Gasteiger charge is -2.34. The highest BCUT2D eigenvalue weighted by Gasteiger charge is 2.30. The van der Waals surface area contributed by atoms with Gasteiger partial charge in [0.15, 0.2) is 5.01 Å². The molecule has 4 aromatic rings. The van der Waals surface area contributed by atoms with Gasteiger partial charge >= 0.3 is 0 Å². The van der Waals surface area contributed by atoms with E-state index in [0.29, 0.717) is 10.9 Å². The number of H-pyrrole nitrogens is 1. The lowest BCUT2D eigenvalue weighted by Crippen LogP contribution is -2.38. The van der Waals surface area contributed by atoms with Crippen LogP contribution in [0.5, 0.6) is 0 Å². The molecule has 6 rings (SSSR count). The van der Waals surface area contributed by atoms with Gasteiger partial charge in [0.05, 0.1) is 24.0 Å². The molecule has 1 unspecified atom stereocenters. The van der Waals surface area contributed by atoms with Gasteiger partial charge in [0.1, 0.15) is 10.3 Å². The van der Waals surface area contributed by atoms with Crippen molar-refractivity contribution in [1.29, 1.82) is 0 Å². The van der Waals surface area contributed by atoms with Gasteiger partial charge in [-0.3, -0.25) is 14.9 Å². The summed E-state index contributed by atoms with van der Waals surface area (Å²) in [6.07, 6.45) is 10.6. The Kier molecular flexibility index (Phi) is 7.89. The molecule has 9 nitrogen and oxygen atoms in total. The van der Waals surface area contributed by atoms with Gasteiger partial charge in [-0.05, 0) is 73.1 Å². The van der Waals surface area contributed by atoms with Crippen molar-refractivity contribution in [3.63, 3.8) is 0 Å².